The minimum absolute atomic E-state index is 0.709. The number of pyridine rings is 1. The van der Waals surface area contributed by atoms with Gasteiger partial charge in [0.2, 0.25) is 0 Å². The molecule has 0 aliphatic rings. The third-order valence-electron chi connectivity index (χ3n) is 1.42. The van der Waals surface area contributed by atoms with Crippen molar-refractivity contribution in [1.29, 1.82) is 0 Å². The van der Waals surface area contributed by atoms with E-state index in [0.29, 0.717) is 5.69 Å². The van der Waals surface area contributed by atoms with Gasteiger partial charge >= 0.3 is 0 Å². The maximum atomic E-state index is 5.64. The number of hydrogen-bond acceptors (Lipinski definition) is 3. The lowest BCUT2D eigenvalue weighted by Crippen LogP contribution is -2.02. The van der Waals surface area contributed by atoms with E-state index in [1.54, 1.807) is 12.4 Å². The zero-order chi connectivity index (χ0) is 8.10. The van der Waals surface area contributed by atoms with E-state index in [2.05, 4.69) is 17.2 Å². The molecule has 1 aromatic rings. The predicted octanol–water partition coefficient (Wildman–Crippen LogP) is 1.49. The fourth-order valence-corrected chi connectivity index (χ4v) is 0.827. The Morgan fingerprint density at radius 1 is 1.64 bits per heavy atom. The smallest absolute Gasteiger partial charge is 0.0736 e. The Kier molecular flexibility index (Phi) is 2.72. The first kappa shape index (κ1) is 7.85. The maximum Gasteiger partial charge on any atom is 0.0736 e. The summed E-state index contributed by atoms with van der Waals surface area (Å²) >= 11 is 0. The first-order chi connectivity index (χ1) is 5.34. The molecule has 3 heteroatoms. The highest BCUT2D eigenvalue weighted by molar-refractivity contribution is 5.63. The quantitative estimate of drug-likeness (QED) is 0.688. The summed E-state index contributed by atoms with van der Waals surface area (Å²) in [6.07, 6.45) is 4.48. The van der Waals surface area contributed by atoms with Crippen molar-refractivity contribution in [3.05, 3.63) is 18.5 Å². The second-order valence-electron chi connectivity index (χ2n) is 2.39. The van der Waals surface area contributed by atoms with Crippen LogP contribution in [-0.2, 0) is 0 Å². The SMILES string of the molecule is CCCNc1ccncc1N. The van der Waals surface area contributed by atoms with Gasteiger partial charge in [-0.25, -0.2) is 0 Å². The monoisotopic (exact) mass is 151 g/mol. The molecule has 0 saturated heterocycles. The number of nitrogens with one attached hydrogen (secondary N) is 1. The molecular weight excluding hydrogens is 138 g/mol. The lowest BCUT2D eigenvalue weighted by atomic mass is 10.3. The van der Waals surface area contributed by atoms with Gasteiger partial charge in [0.15, 0.2) is 0 Å². The third kappa shape index (κ3) is 2.11. The number of nitrogens with two attached hydrogens (primary N) is 1. The molecule has 0 bridgehead atoms. The van der Waals surface area contributed by atoms with Gasteiger partial charge in [-0.1, -0.05) is 6.92 Å². The molecule has 1 heterocycles. The Labute approximate surface area is 66.6 Å². The van der Waals surface area contributed by atoms with Crippen molar-refractivity contribution < 1.29 is 0 Å². The van der Waals surface area contributed by atoms with Crippen LogP contribution in [0, 0.1) is 0 Å². The average molecular weight is 151 g/mol. The van der Waals surface area contributed by atoms with Crippen LogP contribution in [0.25, 0.3) is 0 Å². The van der Waals surface area contributed by atoms with E-state index in [0.717, 1.165) is 18.7 Å². The van der Waals surface area contributed by atoms with E-state index >= 15 is 0 Å². The molecule has 0 aliphatic carbocycles. The summed E-state index contributed by atoms with van der Waals surface area (Å²) in [4.78, 5) is 3.89. The zero-order valence-corrected chi connectivity index (χ0v) is 6.67. The third-order valence-corrected chi connectivity index (χ3v) is 1.42. The molecule has 0 aliphatic heterocycles. The molecule has 1 aromatic heterocycles. The highest BCUT2D eigenvalue weighted by atomic mass is 14.9. The zero-order valence-electron chi connectivity index (χ0n) is 6.67. The van der Waals surface area contributed by atoms with E-state index in [1.807, 2.05) is 6.07 Å². The molecule has 3 nitrogen and oxygen atoms in total. The molecule has 0 radical (unpaired) electrons. The summed E-state index contributed by atoms with van der Waals surface area (Å²) in [6, 6.07) is 1.88. The van der Waals surface area contributed by atoms with Gasteiger partial charge in [0.05, 0.1) is 17.6 Å². The van der Waals surface area contributed by atoms with Gasteiger partial charge < -0.3 is 11.1 Å². The van der Waals surface area contributed by atoms with Crippen LogP contribution in [0.1, 0.15) is 13.3 Å². The van der Waals surface area contributed by atoms with Crippen molar-refractivity contribution in [2.45, 2.75) is 13.3 Å². The van der Waals surface area contributed by atoms with Crippen LogP contribution in [0.3, 0.4) is 0 Å². The van der Waals surface area contributed by atoms with Gasteiger partial charge in [-0.3, -0.25) is 4.98 Å². The largest absolute Gasteiger partial charge is 0.396 e. The Hall–Kier alpha value is -1.25. The van der Waals surface area contributed by atoms with Crippen LogP contribution in [0.15, 0.2) is 18.5 Å². The van der Waals surface area contributed by atoms with Crippen molar-refractivity contribution in [3.8, 4) is 0 Å². The number of aromatic nitrogens is 1. The van der Waals surface area contributed by atoms with Gasteiger partial charge in [-0.05, 0) is 12.5 Å². The van der Waals surface area contributed by atoms with Crippen LogP contribution in [0.5, 0.6) is 0 Å². The molecular formula is C8H13N3. The van der Waals surface area contributed by atoms with Crippen LogP contribution in [0.4, 0.5) is 11.4 Å². The predicted molar refractivity (Wildman–Crippen MR) is 47.4 cm³/mol. The van der Waals surface area contributed by atoms with E-state index in [-0.39, 0.29) is 0 Å². The van der Waals surface area contributed by atoms with Gasteiger partial charge in [-0.15, -0.1) is 0 Å². The second-order valence-corrected chi connectivity index (χ2v) is 2.39. The molecule has 1 rings (SSSR count). The van der Waals surface area contributed by atoms with Gasteiger partial charge in [0, 0.05) is 12.7 Å². The van der Waals surface area contributed by atoms with Crippen molar-refractivity contribution in [2.75, 3.05) is 17.6 Å². The van der Waals surface area contributed by atoms with E-state index < -0.39 is 0 Å². The Morgan fingerprint density at radius 3 is 3.09 bits per heavy atom. The number of nitrogen functional groups attached to an aromatic ring is 1. The Morgan fingerprint density at radius 2 is 2.45 bits per heavy atom. The van der Waals surface area contributed by atoms with Crippen LogP contribution in [-0.4, -0.2) is 11.5 Å². The Balaban J connectivity index is 2.62. The van der Waals surface area contributed by atoms with Crippen molar-refractivity contribution >= 4 is 11.4 Å². The molecule has 0 aromatic carbocycles. The number of hydrogen-bond donors (Lipinski definition) is 2. The molecule has 0 amide bonds. The summed E-state index contributed by atoms with van der Waals surface area (Å²) in [5, 5.41) is 3.20. The normalized spacial score (nSPS) is 9.55. The fraction of sp³-hybridized carbons (Fsp3) is 0.375. The van der Waals surface area contributed by atoms with E-state index in [4.69, 9.17) is 5.73 Å². The lowest BCUT2D eigenvalue weighted by molar-refractivity contribution is 0.979. The van der Waals surface area contributed by atoms with Crippen molar-refractivity contribution in [3.63, 3.8) is 0 Å². The van der Waals surface area contributed by atoms with E-state index in [1.165, 1.54) is 0 Å². The first-order valence-corrected chi connectivity index (χ1v) is 3.78. The minimum Gasteiger partial charge on any atom is -0.396 e. The summed E-state index contributed by atoms with van der Waals surface area (Å²) in [5.74, 6) is 0. The highest BCUT2D eigenvalue weighted by Crippen LogP contribution is 2.14. The van der Waals surface area contributed by atoms with Crippen molar-refractivity contribution in [1.82, 2.24) is 4.98 Å². The van der Waals surface area contributed by atoms with Crippen LogP contribution in [0.2, 0.25) is 0 Å². The van der Waals surface area contributed by atoms with Crippen LogP contribution >= 0.6 is 0 Å². The summed E-state index contributed by atoms with van der Waals surface area (Å²) in [5.41, 5.74) is 7.32. The standard InChI is InChI=1S/C8H13N3/c1-2-4-11-8-3-5-10-6-7(8)9/h3,5-6H,2,4,9H2,1H3,(H,10,11). The average Bonchev–Trinajstić information content (AvgIpc) is 2.03. The molecule has 0 unspecified atom stereocenters. The number of nitrogens with zero attached hydrogens (tertiary/aromatic N) is 1. The maximum absolute atomic E-state index is 5.64. The molecule has 3 N–H and O–H groups in total. The lowest BCUT2D eigenvalue weighted by Gasteiger charge is -2.05. The fourth-order valence-electron chi connectivity index (χ4n) is 0.827. The Bertz CT molecular complexity index is 222. The second kappa shape index (κ2) is 3.81. The molecule has 0 fully saturated rings. The number of anilines is 2. The highest BCUT2D eigenvalue weighted by Gasteiger charge is 1.93. The molecule has 60 valence electrons. The minimum atomic E-state index is 0.709. The van der Waals surface area contributed by atoms with Gasteiger partial charge in [-0.2, -0.15) is 0 Å². The summed E-state index contributed by atoms with van der Waals surface area (Å²) in [6.45, 7) is 3.07. The molecule has 0 saturated carbocycles. The topological polar surface area (TPSA) is 50.9 Å². The molecule has 11 heavy (non-hydrogen) atoms. The van der Waals surface area contributed by atoms with Gasteiger partial charge in [0.1, 0.15) is 0 Å². The molecule has 0 spiro atoms. The first-order valence-electron chi connectivity index (χ1n) is 3.78. The molecule has 0 atom stereocenters. The van der Waals surface area contributed by atoms with Crippen LogP contribution < -0.4 is 11.1 Å². The van der Waals surface area contributed by atoms with Gasteiger partial charge in [0.25, 0.3) is 0 Å². The summed E-state index contributed by atoms with van der Waals surface area (Å²) in [7, 11) is 0. The summed E-state index contributed by atoms with van der Waals surface area (Å²) < 4.78 is 0. The van der Waals surface area contributed by atoms with Crippen molar-refractivity contribution in [2.24, 2.45) is 0 Å². The van der Waals surface area contributed by atoms with E-state index in [9.17, 15) is 0 Å². The number of rotatable bonds is 3.